The normalized spacial score (nSPS) is 13.4. The summed E-state index contributed by atoms with van der Waals surface area (Å²) in [5, 5.41) is 11.3. The average molecular weight is 265 g/mol. The third-order valence-electron chi connectivity index (χ3n) is 2.29. The van der Waals surface area contributed by atoms with Crippen LogP contribution in [0.25, 0.3) is 0 Å². The van der Waals surface area contributed by atoms with Crippen LogP contribution in [0.3, 0.4) is 0 Å². The number of nitrogens with one attached hydrogen (secondary N) is 1. The zero-order chi connectivity index (χ0) is 13.9. The van der Waals surface area contributed by atoms with Crippen LogP contribution in [0.2, 0.25) is 0 Å². The lowest BCUT2D eigenvalue weighted by molar-refractivity contribution is -0.142. The van der Waals surface area contributed by atoms with Gasteiger partial charge in [0.2, 0.25) is 0 Å². The second kappa shape index (κ2) is 5.34. The maximum Gasteiger partial charge on any atom is 0.416 e. The predicted octanol–water partition coefficient (Wildman–Crippen LogP) is 2.58. The van der Waals surface area contributed by atoms with Gasteiger partial charge in [-0.15, -0.1) is 0 Å². The predicted molar refractivity (Wildman–Crippen MR) is 55.5 cm³/mol. The molecular formula is C11H11F4NO2. The van der Waals surface area contributed by atoms with Crippen molar-refractivity contribution in [2.24, 2.45) is 0 Å². The van der Waals surface area contributed by atoms with Gasteiger partial charge in [0.1, 0.15) is 11.9 Å². The zero-order valence-electron chi connectivity index (χ0n) is 9.38. The van der Waals surface area contributed by atoms with Crippen molar-refractivity contribution in [3.63, 3.8) is 0 Å². The minimum absolute atomic E-state index is 0.172. The van der Waals surface area contributed by atoms with Gasteiger partial charge in [-0.3, -0.25) is 4.79 Å². The van der Waals surface area contributed by atoms with Gasteiger partial charge in [-0.2, -0.15) is 13.2 Å². The van der Waals surface area contributed by atoms with Crippen LogP contribution in [0, 0.1) is 5.82 Å². The second-order valence-corrected chi connectivity index (χ2v) is 3.56. The van der Waals surface area contributed by atoms with E-state index in [1.807, 2.05) is 0 Å². The number of carboxylic acid groups (broad SMARTS) is 1. The molecule has 0 aliphatic rings. The summed E-state index contributed by atoms with van der Waals surface area (Å²) in [6, 6.07) is 0.410. The molecule has 1 unspecified atom stereocenters. The van der Waals surface area contributed by atoms with Crippen LogP contribution in [0.1, 0.15) is 24.1 Å². The highest BCUT2D eigenvalue weighted by molar-refractivity contribution is 5.76. The van der Waals surface area contributed by atoms with E-state index in [-0.39, 0.29) is 6.54 Å². The molecule has 0 fully saturated rings. The summed E-state index contributed by atoms with van der Waals surface area (Å²) >= 11 is 0. The standard InChI is InChI=1S/C11H11F4NO2/c1-2-16-9(10(17)18)7-4-3-6(12)5-8(7)11(13,14)15/h3-5,9,16H,2H2,1H3,(H,17,18). The summed E-state index contributed by atoms with van der Waals surface area (Å²) in [7, 11) is 0. The molecule has 0 aromatic heterocycles. The second-order valence-electron chi connectivity index (χ2n) is 3.56. The van der Waals surface area contributed by atoms with Crippen molar-refractivity contribution in [3.8, 4) is 0 Å². The van der Waals surface area contributed by atoms with E-state index in [1.54, 1.807) is 6.92 Å². The minimum atomic E-state index is -4.81. The third-order valence-corrected chi connectivity index (χ3v) is 2.29. The molecule has 18 heavy (non-hydrogen) atoms. The maximum absolute atomic E-state index is 12.9. The van der Waals surface area contributed by atoms with Gasteiger partial charge in [-0.25, -0.2) is 4.39 Å². The first kappa shape index (κ1) is 14.4. The molecule has 1 aromatic rings. The molecular weight excluding hydrogens is 254 g/mol. The van der Waals surface area contributed by atoms with Crippen molar-refractivity contribution in [3.05, 3.63) is 35.1 Å². The summed E-state index contributed by atoms with van der Waals surface area (Å²) in [5.74, 6) is -2.51. The number of hydrogen-bond donors (Lipinski definition) is 2. The van der Waals surface area contributed by atoms with Crippen LogP contribution in [-0.2, 0) is 11.0 Å². The number of likely N-dealkylation sites (N-methyl/N-ethyl adjacent to an activating group) is 1. The molecule has 0 aliphatic heterocycles. The van der Waals surface area contributed by atoms with Crippen LogP contribution in [0.4, 0.5) is 17.6 Å². The molecule has 2 N–H and O–H groups in total. The number of rotatable bonds is 4. The molecule has 3 nitrogen and oxygen atoms in total. The SMILES string of the molecule is CCNC(C(=O)O)c1ccc(F)cc1C(F)(F)F. The Hall–Kier alpha value is -1.63. The Labute approximate surface area is 100 Å². The van der Waals surface area contributed by atoms with E-state index in [9.17, 15) is 22.4 Å². The van der Waals surface area contributed by atoms with Crippen LogP contribution in [-0.4, -0.2) is 17.6 Å². The molecule has 7 heteroatoms. The van der Waals surface area contributed by atoms with Crippen LogP contribution in [0.15, 0.2) is 18.2 Å². The monoisotopic (exact) mass is 265 g/mol. The van der Waals surface area contributed by atoms with Gasteiger partial charge >= 0.3 is 12.1 Å². The summed E-state index contributed by atoms with van der Waals surface area (Å²) in [4.78, 5) is 10.9. The number of hydrogen-bond acceptors (Lipinski definition) is 2. The van der Waals surface area contributed by atoms with Gasteiger partial charge in [0.05, 0.1) is 5.56 Å². The molecule has 1 atom stereocenters. The molecule has 1 rings (SSSR count). The molecule has 100 valence electrons. The first-order chi connectivity index (χ1) is 8.27. The van der Waals surface area contributed by atoms with E-state index in [0.717, 1.165) is 12.1 Å². The molecule has 0 saturated carbocycles. The van der Waals surface area contributed by atoms with Crippen molar-refractivity contribution in [1.29, 1.82) is 0 Å². The molecule has 1 aromatic carbocycles. The van der Waals surface area contributed by atoms with Crippen molar-refractivity contribution in [2.75, 3.05) is 6.54 Å². The largest absolute Gasteiger partial charge is 0.480 e. The van der Waals surface area contributed by atoms with E-state index in [2.05, 4.69) is 5.32 Å². The highest BCUT2D eigenvalue weighted by Gasteiger charge is 2.37. The average Bonchev–Trinajstić information content (AvgIpc) is 2.24. The molecule has 0 spiro atoms. The lowest BCUT2D eigenvalue weighted by Gasteiger charge is -2.19. The van der Waals surface area contributed by atoms with Gasteiger partial charge in [-0.05, 0) is 24.2 Å². The molecule has 0 radical (unpaired) electrons. The Kier molecular flexibility index (Phi) is 4.28. The minimum Gasteiger partial charge on any atom is -0.480 e. The van der Waals surface area contributed by atoms with E-state index in [0.29, 0.717) is 6.07 Å². The topological polar surface area (TPSA) is 49.3 Å². The van der Waals surface area contributed by atoms with Gasteiger partial charge < -0.3 is 10.4 Å². The first-order valence-corrected chi connectivity index (χ1v) is 5.10. The van der Waals surface area contributed by atoms with E-state index >= 15 is 0 Å². The Balaban J connectivity index is 3.33. The van der Waals surface area contributed by atoms with Gasteiger partial charge in [0, 0.05) is 0 Å². The summed E-state index contributed by atoms with van der Waals surface area (Å²) < 4.78 is 51.0. The van der Waals surface area contributed by atoms with Crippen LogP contribution >= 0.6 is 0 Å². The number of alkyl halides is 3. The Morgan fingerprint density at radius 3 is 2.50 bits per heavy atom. The van der Waals surface area contributed by atoms with E-state index in [1.165, 1.54) is 0 Å². The van der Waals surface area contributed by atoms with Crippen molar-refractivity contribution < 1.29 is 27.5 Å². The van der Waals surface area contributed by atoms with Crippen LogP contribution in [0.5, 0.6) is 0 Å². The molecule has 0 heterocycles. The summed E-state index contributed by atoms with van der Waals surface area (Å²) in [5.41, 5.74) is -1.78. The van der Waals surface area contributed by atoms with Gasteiger partial charge in [-0.1, -0.05) is 13.0 Å². The van der Waals surface area contributed by atoms with Crippen LogP contribution < -0.4 is 5.32 Å². The molecule has 0 amide bonds. The first-order valence-electron chi connectivity index (χ1n) is 5.10. The smallest absolute Gasteiger partial charge is 0.416 e. The Bertz CT molecular complexity index is 445. The number of halogens is 4. The van der Waals surface area contributed by atoms with Crippen molar-refractivity contribution in [2.45, 2.75) is 19.1 Å². The van der Waals surface area contributed by atoms with Gasteiger partial charge in [0.25, 0.3) is 0 Å². The number of aliphatic carboxylic acids is 1. The fourth-order valence-electron chi connectivity index (χ4n) is 1.56. The molecule has 0 aliphatic carbocycles. The summed E-state index contributed by atoms with van der Waals surface area (Å²) in [6.45, 7) is 1.73. The highest BCUT2D eigenvalue weighted by Crippen LogP contribution is 2.35. The maximum atomic E-state index is 12.9. The highest BCUT2D eigenvalue weighted by atomic mass is 19.4. The number of carbonyl (C=O) groups is 1. The number of carboxylic acids is 1. The zero-order valence-corrected chi connectivity index (χ0v) is 9.38. The van der Waals surface area contributed by atoms with E-state index < -0.39 is 35.1 Å². The lowest BCUT2D eigenvalue weighted by Crippen LogP contribution is -2.30. The van der Waals surface area contributed by atoms with Gasteiger partial charge in [0.15, 0.2) is 0 Å². The van der Waals surface area contributed by atoms with E-state index in [4.69, 9.17) is 5.11 Å². The third kappa shape index (κ3) is 3.19. The van der Waals surface area contributed by atoms with Crippen molar-refractivity contribution >= 4 is 5.97 Å². The molecule has 0 saturated heterocycles. The quantitative estimate of drug-likeness (QED) is 0.823. The Morgan fingerprint density at radius 1 is 1.44 bits per heavy atom. The fourth-order valence-corrected chi connectivity index (χ4v) is 1.56. The van der Waals surface area contributed by atoms with Crippen molar-refractivity contribution in [1.82, 2.24) is 5.32 Å². The summed E-state index contributed by atoms with van der Waals surface area (Å²) in [6.07, 6.45) is -4.81. The lowest BCUT2D eigenvalue weighted by atomic mass is 9.99. The number of benzene rings is 1. The Morgan fingerprint density at radius 2 is 2.06 bits per heavy atom. The fraction of sp³-hybridized carbons (Fsp3) is 0.364. The molecule has 0 bridgehead atoms.